The second kappa shape index (κ2) is 3.44. The lowest BCUT2D eigenvalue weighted by Gasteiger charge is -2.06. The lowest BCUT2D eigenvalue weighted by molar-refractivity contribution is -0.134. The van der Waals surface area contributed by atoms with Gasteiger partial charge in [-0.05, 0) is 12.1 Å². The van der Waals surface area contributed by atoms with Crippen molar-refractivity contribution in [2.75, 3.05) is 18.7 Å². The molecule has 0 spiro atoms. The smallest absolute Gasteiger partial charge is 0.333 e. The fourth-order valence-electron chi connectivity index (χ4n) is 1.61. The largest absolute Gasteiger partial charge is 0.456 e. The highest BCUT2D eigenvalue weighted by atomic mass is 16.7. The number of ether oxygens (including phenoxy) is 3. The molecule has 1 N–H and O–H groups in total. The maximum Gasteiger partial charge on any atom is 0.333 e. The first kappa shape index (κ1) is 9.08. The maximum atomic E-state index is 10.8. The van der Waals surface area contributed by atoms with Gasteiger partial charge in [-0.25, -0.2) is 4.79 Å². The molecule has 3 rings (SSSR count). The molecule has 0 saturated carbocycles. The van der Waals surface area contributed by atoms with Crippen LogP contribution in [0.5, 0.6) is 11.5 Å². The number of hydrogen-bond donors (Lipinski definition) is 1. The van der Waals surface area contributed by atoms with E-state index in [0.717, 1.165) is 17.1 Å². The van der Waals surface area contributed by atoms with Gasteiger partial charge >= 0.3 is 5.97 Å². The highest BCUT2D eigenvalue weighted by molar-refractivity contribution is 5.86. The van der Waals surface area contributed by atoms with Gasteiger partial charge in [-0.15, -0.1) is 0 Å². The Labute approximate surface area is 91.6 Å². The summed E-state index contributed by atoms with van der Waals surface area (Å²) in [5, 5.41) is 3.08. The van der Waals surface area contributed by atoms with E-state index in [9.17, 15) is 4.79 Å². The summed E-state index contributed by atoms with van der Waals surface area (Å²) in [6, 6.07) is 5.51. The van der Waals surface area contributed by atoms with Crippen LogP contribution in [0.3, 0.4) is 0 Å². The highest BCUT2D eigenvalue weighted by Crippen LogP contribution is 2.34. The molecule has 0 aromatic heterocycles. The third kappa shape index (κ3) is 1.56. The van der Waals surface area contributed by atoms with Crippen LogP contribution in [0, 0.1) is 0 Å². The Morgan fingerprint density at radius 2 is 2.00 bits per heavy atom. The Morgan fingerprint density at radius 1 is 1.12 bits per heavy atom. The minimum atomic E-state index is -0.316. The molecule has 0 unspecified atom stereocenters. The quantitative estimate of drug-likeness (QED) is 0.759. The first-order chi connectivity index (χ1) is 7.81. The number of carbonyl (C=O) groups excluding carboxylic acids is 1. The van der Waals surface area contributed by atoms with Crippen LogP contribution in [0.4, 0.5) is 5.69 Å². The van der Waals surface area contributed by atoms with Crippen LogP contribution in [-0.2, 0) is 9.53 Å². The molecule has 0 fully saturated rings. The van der Waals surface area contributed by atoms with Crippen molar-refractivity contribution in [1.82, 2.24) is 0 Å². The van der Waals surface area contributed by atoms with E-state index in [1.165, 1.54) is 6.08 Å². The third-order valence-corrected chi connectivity index (χ3v) is 2.34. The second-order valence-electron chi connectivity index (χ2n) is 3.47. The van der Waals surface area contributed by atoms with Crippen molar-refractivity contribution in [2.24, 2.45) is 0 Å². The molecule has 1 aromatic carbocycles. The van der Waals surface area contributed by atoms with Gasteiger partial charge in [0.1, 0.15) is 6.61 Å². The Balaban J connectivity index is 1.80. The zero-order chi connectivity index (χ0) is 11.0. The van der Waals surface area contributed by atoms with E-state index in [-0.39, 0.29) is 19.4 Å². The van der Waals surface area contributed by atoms with E-state index in [0.29, 0.717) is 5.75 Å². The Kier molecular flexibility index (Phi) is 1.96. The van der Waals surface area contributed by atoms with Gasteiger partial charge in [-0.1, -0.05) is 0 Å². The van der Waals surface area contributed by atoms with Crippen LogP contribution in [0.1, 0.15) is 0 Å². The van der Waals surface area contributed by atoms with Gasteiger partial charge in [-0.2, -0.15) is 0 Å². The van der Waals surface area contributed by atoms with Crippen molar-refractivity contribution in [2.45, 2.75) is 0 Å². The summed E-state index contributed by atoms with van der Waals surface area (Å²) in [6.07, 6.45) is 1.44. The molecular formula is C11H9NO4. The Bertz CT molecular complexity index is 481. The number of anilines is 1. The number of benzene rings is 1. The number of nitrogens with one attached hydrogen (secondary N) is 1. The van der Waals surface area contributed by atoms with Crippen LogP contribution in [0.15, 0.2) is 30.0 Å². The van der Waals surface area contributed by atoms with E-state index in [2.05, 4.69) is 5.32 Å². The average molecular weight is 219 g/mol. The normalized spacial score (nSPS) is 17.0. The van der Waals surface area contributed by atoms with Crippen molar-refractivity contribution < 1.29 is 19.0 Å². The van der Waals surface area contributed by atoms with Crippen molar-refractivity contribution in [3.8, 4) is 11.5 Å². The second-order valence-corrected chi connectivity index (χ2v) is 3.47. The molecule has 0 aliphatic carbocycles. The van der Waals surface area contributed by atoms with Crippen LogP contribution in [-0.4, -0.2) is 19.4 Å². The Morgan fingerprint density at radius 3 is 2.81 bits per heavy atom. The maximum absolute atomic E-state index is 10.8. The molecule has 1 aromatic rings. The molecule has 2 aliphatic rings. The SMILES string of the molecule is O=C1C=C(Nc2ccc3c(c2)OCO3)CO1. The van der Waals surface area contributed by atoms with Gasteiger partial charge in [0.2, 0.25) is 6.79 Å². The summed E-state index contributed by atoms with van der Waals surface area (Å²) in [4.78, 5) is 10.8. The summed E-state index contributed by atoms with van der Waals surface area (Å²) in [5.74, 6) is 1.12. The van der Waals surface area contributed by atoms with E-state index in [1.54, 1.807) is 0 Å². The zero-order valence-electron chi connectivity index (χ0n) is 8.36. The van der Waals surface area contributed by atoms with Gasteiger partial charge in [-0.3, -0.25) is 0 Å². The lowest BCUT2D eigenvalue weighted by Crippen LogP contribution is -2.00. The van der Waals surface area contributed by atoms with Crippen LogP contribution in [0.2, 0.25) is 0 Å². The highest BCUT2D eigenvalue weighted by Gasteiger charge is 2.16. The molecule has 82 valence electrons. The van der Waals surface area contributed by atoms with Crippen molar-refractivity contribution in [3.63, 3.8) is 0 Å². The molecule has 5 heteroatoms. The number of fused-ring (bicyclic) bond motifs is 1. The first-order valence-electron chi connectivity index (χ1n) is 4.85. The molecule has 2 heterocycles. The van der Waals surface area contributed by atoms with Gasteiger partial charge in [0, 0.05) is 17.8 Å². The zero-order valence-corrected chi connectivity index (χ0v) is 8.36. The fourth-order valence-corrected chi connectivity index (χ4v) is 1.61. The number of cyclic esters (lactones) is 1. The van der Waals surface area contributed by atoms with Crippen LogP contribution < -0.4 is 14.8 Å². The third-order valence-electron chi connectivity index (χ3n) is 2.34. The topological polar surface area (TPSA) is 56.8 Å². The number of hydrogen-bond acceptors (Lipinski definition) is 5. The molecular weight excluding hydrogens is 210 g/mol. The molecule has 2 aliphatic heterocycles. The number of carbonyl (C=O) groups is 1. The molecule has 5 nitrogen and oxygen atoms in total. The van der Waals surface area contributed by atoms with E-state index in [1.807, 2.05) is 18.2 Å². The number of esters is 1. The van der Waals surface area contributed by atoms with Crippen LogP contribution >= 0.6 is 0 Å². The van der Waals surface area contributed by atoms with Gasteiger partial charge in [0.25, 0.3) is 0 Å². The van der Waals surface area contributed by atoms with Gasteiger partial charge < -0.3 is 19.5 Å². The van der Waals surface area contributed by atoms with Gasteiger partial charge in [0.05, 0.1) is 5.70 Å². The summed E-state index contributed by atoms with van der Waals surface area (Å²) < 4.78 is 15.2. The molecule has 0 bridgehead atoms. The summed E-state index contributed by atoms with van der Waals surface area (Å²) in [6.45, 7) is 0.538. The van der Waals surface area contributed by atoms with E-state index < -0.39 is 0 Å². The summed E-state index contributed by atoms with van der Waals surface area (Å²) in [5.41, 5.74) is 1.58. The Hall–Kier alpha value is -2.17. The van der Waals surface area contributed by atoms with Crippen molar-refractivity contribution in [1.29, 1.82) is 0 Å². The molecule has 0 saturated heterocycles. The van der Waals surface area contributed by atoms with E-state index in [4.69, 9.17) is 14.2 Å². The standard InChI is InChI=1S/C11H9NO4/c13-11-4-8(5-14-11)12-7-1-2-9-10(3-7)16-6-15-9/h1-4,12H,5-6H2. The van der Waals surface area contributed by atoms with Crippen molar-refractivity contribution >= 4 is 11.7 Å². The molecule has 0 atom stereocenters. The fraction of sp³-hybridized carbons (Fsp3) is 0.182. The molecule has 16 heavy (non-hydrogen) atoms. The minimum absolute atomic E-state index is 0.253. The predicted molar refractivity (Wildman–Crippen MR) is 55.2 cm³/mol. The van der Waals surface area contributed by atoms with Crippen molar-refractivity contribution in [3.05, 3.63) is 30.0 Å². The lowest BCUT2D eigenvalue weighted by atomic mass is 10.2. The van der Waals surface area contributed by atoms with Crippen LogP contribution in [0.25, 0.3) is 0 Å². The number of rotatable bonds is 2. The molecule has 0 amide bonds. The predicted octanol–water partition coefficient (Wildman–Crippen LogP) is 1.27. The van der Waals surface area contributed by atoms with E-state index >= 15 is 0 Å². The summed E-state index contributed by atoms with van der Waals surface area (Å²) >= 11 is 0. The van der Waals surface area contributed by atoms with Gasteiger partial charge in [0.15, 0.2) is 11.5 Å². The monoisotopic (exact) mass is 219 g/mol. The molecule has 0 radical (unpaired) electrons. The first-order valence-corrected chi connectivity index (χ1v) is 4.85. The summed E-state index contributed by atoms with van der Waals surface area (Å²) in [7, 11) is 0. The minimum Gasteiger partial charge on any atom is -0.456 e. The average Bonchev–Trinajstić information content (AvgIpc) is 2.87.